The van der Waals surface area contributed by atoms with E-state index in [4.69, 9.17) is 0 Å². The molecular formula is C17H27BrN2. The van der Waals surface area contributed by atoms with Gasteiger partial charge in [-0.05, 0) is 70.3 Å². The third-order valence-electron chi connectivity index (χ3n) is 4.36. The Kier molecular flexibility index (Phi) is 6.06. The zero-order chi connectivity index (χ0) is 14.5. The first-order chi connectivity index (χ1) is 9.58. The van der Waals surface area contributed by atoms with Crippen LogP contribution in [0.5, 0.6) is 0 Å². The van der Waals surface area contributed by atoms with Crippen LogP contribution in [0.1, 0.15) is 45.2 Å². The topological polar surface area (TPSA) is 15.3 Å². The number of rotatable bonds is 5. The van der Waals surface area contributed by atoms with Crippen molar-refractivity contribution < 1.29 is 0 Å². The van der Waals surface area contributed by atoms with Crippen LogP contribution in [0.2, 0.25) is 0 Å². The van der Waals surface area contributed by atoms with Crippen LogP contribution in [0.15, 0.2) is 28.7 Å². The highest BCUT2D eigenvalue weighted by Crippen LogP contribution is 2.27. The lowest BCUT2D eigenvalue weighted by molar-refractivity contribution is 0.126. The summed E-state index contributed by atoms with van der Waals surface area (Å²) in [6.07, 6.45) is 2.68. The molecule has 1 fully saturated rings. The molecule has 0 amide bonds. The summed E-state index contributed by atoms with van der Waals surface area (Å²) in [6.45, 7) is 10.5. The number of hydrogen-bond donors (Lipinski definition) is 1. The lowest BCUT2D eigenvalue weighted by Crippen LogP contribution is -2.42. The minimum atomic E-state index is 0.467. The molecule has 1 aromatic carbocycles. The highest BCUT2D eigenvalue weighted by atomic mass is 79.9. The molecular weight excluding hydrogens is 312 g/mol. The van der Waals surface area contributed by atoms with Crippen LogP contribution in [0.25, 0.3) is 0 Å². The Morgan fingerprint density at radius 2 is 2.15 bits per heavy atom. The Morgan fingerprint density at radius 3 is 2.75 bits per heavy atom. The maximum atomic E-state index is 3.59. The molecule has 20 heavy (non-hydrogen) atoms. The summed E-state index contributed by atoms with van der Waals surface area (Å²) in [6, 6.07) is 9.76. The van der Waals surface area contributed by atoms with E-state index in [2.05, 4.69) is 71.2 Å². The Labute approximate surface area is 132 Å². The van der Waals surface area contributed by atoms with Crippen LogP contribution in [-0.2, 0) is 0 Å². The van der Waals surface area contributed by atoms with E-state index in [0.29, 0.717) is 12.1 Å². The predicted molar refractivity (Wildman–Crippen MR) is 90.0 cm³/mol. The molecule has 2 rings (SSSR count). The molecule has 112 valence electrons. The first-order valence-corrected chi connectivity index (χ1v) is 8.59. The van der Waals surface area contributed by atoms with E-state index >= 15 is 0 Å². The second-order valence-corrected chi connectivity index (χ2v) is 7.15. The summed E-state index contributed by atoms with van der Waals surface area (Å²) in [7, 11) is 0. The third-order valence-corrected chi connectivity index (χ3v) is 4.85. The molecule has 2 nitrogen and oxygen atoms in total. The maximum absolute atomic E-state index is 3.59. The van der Waals surface area contributed by atoms with Crippen molar-refractivity contribution in [3.63, 3.8) is 0 Å². The van der Waals surface area contributed by atoms with Gasteiger partial charge in [-0.3, -0.25) is 4.90 Å². The van der Waals surface area contributed by atoms with E-state index in [1.807, 2.05) is 0 Å². The van der Waals surface area contributed by atoms with Crippen LogP contribution < -0.4 is 5.32 Å². The normalized spacial score (nSPS) is 21.4. The Balaban J connectivity index is 2.07. The standard InChI is InChI=1S/C17H27BrN2/c1-13(2)20(12-15-6-5-9-19-11-15)14(3)16-7-4-8-17(18)10-16/h4,7-8,10,13-15,19H,5-6,9,11-12H2,1-3H3. The van der Waals surface area contributed by atoms with Crippen molar-refractivity contribution in [2.45, 2.75) is 45.7 Å². The third kappa shape index (κ3) is 4.31. The van der Waals surface area contributed by atoms with Crippen LogP contribution in [0.4, 0.5) is 0 Å². The average molecular weight is 339 g/mol. The Hall–Kier alpha value is -0.380. The van der Waals surface area contributed by atoms with Crippen molar-refractivity contribution in [1.82, 2.24) is 10.2 Å². The number of hydrogen-bond acceptors (Lipinski definition) is 2. The van der Waals surface area contributed by atoms with E-state index in [1.165, 1.54) is 42.5 Å². The fourth-order valence-electron chi connectivity index (χ4n) is 3.15. The van der Waals surface area contributed by atoms with Gasteiger partial charge in [-0.25, -0.2) is 0 Å². The van der Waals surface area contributed by atoms with E-state index in [1.54, 1.807) is 0 Å². The molecule has 2 atom stereocenters. The quantitative estimate of drug-likeness (QED) is 0.864. The Bertz CT molecular complexity index is 413. The first-order valence-electron chi connectivity index (χ1n) is 7.80. The lowest BCUT2D eigenvalue weighted by atomic mass is 9.96. The summed E-state index contributed by atoms with van der Waals surface area (Å²) in [5, 5.41) is 3.53. The second-order valence-electron chi connectivity index (χ2n) is 6.23. The summed E-state index contributed by atoms with van der Waals surface area (Å²) in [5.41, 5.74) is 1.40. The molecule has 0 spiro atoms. The molecule has 1 N–H and O–H groups in total. The van der Waals surface area contributed by atoms with Crippen molar-refractivity contribution in [3.8, 4) is 0 Å². The van der Waals surface area contributed by atoms with Crippen molar-refractivity contribution >= 4 is 15.9 Å². The summed E-state index contributed by atoms with van der Waals surface area (Å²) in [5.74, 6) is 0.792. The summed E-state index contributed by atoms with van der Waals surface area (Å²) >= 11 is 3.59. The fourth-order valence-corrected chi connectivity index (χ4v) is 3.57. The molecule has 0 radical (unpaired) electrons. The molecule has 0 bridgehead atoms. The highest BCUT2D eigenvalue weighted by Gasteiger charge is 2.23. The van der Waals surface area contributed by atoms with Crippen molar-refractivity contribution in [3.05, 3.63) is 34.3 Å². The Morgan fingerprint density at radius 1 is 1.35 bits per heavy atom. The van der Waals surface area contributed by atoms with Crippen LogP contribution >= 0.6 is 15.9 Å². The monoisotopic (exact) mass is 338 g/mol. The minimum Gasteiger partial charge on any atom is -0.316 e. The van der Waals surface area contributed by atoms with Gasteiger partial charge < -0.3 is 5.32 Å². The van der Waals surface area contributed by atoms with Crippen LogP contribution in [-0.4, -0.2) is 30.6 Å². The van der Waals surface area contributed by atoms with Crippen molar-refractivity contribution in [2.24, 2.45) is 5.92 Å². The van der Waals surface area contributed by atoms with Gasteiger partial charge >= 0.3 is 0 Å². The molecule has 1 aliphatic rings. The number of nitrogens with one attached hydrogen (secondary N) is 1. The van der Waals surface area contributed by atoms with Gasteiger partial charge in [-0.15, -0.1) is 0 Å². The minimum absolute atomic E-state index is 0.467. The molecule has 1 aliphatic heterocycles. The number of benzene rings is 1. The molecule has 1 aromatic rings. The highest BCUT2D eigenvalue weighted by molar-refractivity contribution is 9.10. The zero-order valence-electron chi connectivity index (χ0n) is 12.9. The fraction of sp³-hybridized carbons (Fsp3) is 0.647. The second kappa shape index (κ2) is 7.58. The summed E-state index contributed by atoms with van der Waals surface area (Å²) < 4.78 is 1.17. The van der Waals surface area contributed by atoms with E-state index in [0.717, 1.165) is 5.92 Å². The molecule has 0 saturated carbocycles. The van der Waals surface area contributed by atoms with Gasteiger partial charge in [0.2, 0.25) is 0 Å². The van der Waals surface area contributed by atoms with Crippen LogP contribution in [0, 0.1) is 5.92 Å². The van der Waals surface area contributed by atoms with Gasteiger partial charge in [0, 0.05) is 23.1 Å². The summed E-state index contributed by atoms with van der Waals surface area (Å²) in [4.78, 5) is 2.64. The number of piperidine rings is 1. The van der Waals surface area contributed by atoms with Crippen molar-refractivity contribution in [2.75, 3.05) is 19.6 Å². The molecule has 2 unspecified atom stereocenters. The van der Waals surface area contributed by atoms with Gasteiger partial charge in [-0.1, -0.05) is 28.1 Å². The van der Waals surface area contributed by atoms with Gasteiger partial charge in [0.05, 0.1) is 0 Å². The van der Waals surface area contributed by atoms with Gasteiger partial charge in [-0.2, -0.15) is 0 Å². The number of halogens is 1. The van der Waals surface area contributed by atoms with E-state index in [9.17, 15) is 0 Å². The van der Waals surface area contributed by atoms with Gasteiger partial charge in [0.25, 0.3) is 0 Å². The van der Waals surface area contributed by atoms with Gasteiger partial charge in [0.1, 0.15) is 0 Å². The molecule has 1 saturated heterocycles. The number of nitrogens with zero attached hydrogens (tertiary/aromatic N) is 1. The maximum Gasteiger partial charge on any atom is 0.0323 e. The molecule has 3 heteroatoms. The molecule has 0 aromatic heterocycles. The van der Waals surface area contributed by atoms with Gasteiger partial charge in [0.15, 0.2) is 0 Å². The van der Waals surface area contributed by atoms with E-state index in [-0.39, 0.29) is 0 Å². The average Bonchev–Trinajstić information content (AvgIpc) is 2.45. The van der Waals surface area contributed by atoms with Crippen LogP contribution in [0.3, 0.4) is 0 Å². The van der Waals surface area contributed by atoms with E-state index < -0.39 is 0 Å². The molecule has 0 aliphatic carbocycles. The smallest absolute Gasteiger partial charge is 0.0323 e. The van der Waals surface area contributed by atoms with Crippen molar-refractivity contribution in [1.29, 1.82) is 0 Å². The largest absolute Gasteiger partial charge is 0.316 e. The SMILES string of the molecule is CC(C)N(CC1CCCNC1)C(C)c1cccc(Br)c1. The first kappa shape index (κ1) is 16.0. The molecule has 1 heterocycles. The predicted octanol–water partition coefficient (Wildman–Crippen LogP) is 4.22. The lowest BCUT2D eigenvalue weighted by Gasteiger charge is -2.37. The zero-order valence-corrected chi connectivity index (χ0v) is 14.5.